The van der Waals surface area contributed by atoms with E-state index in [0.29, 0.717) is 6.61 Å². The minimum Gasteiger partial charge on any atom is -0.493 e. The molecule has 4 rings (SSSR count). The van der Waals surface area contributed by atoms with Crippen molar-refractivity contribution < 1.29 is 14.2 Å². The summed E-state index contributed by atoms with van der Waals surface area (Å²) in [5.41, 5.74) is 5.00. The van der Waals surface area contributed by atoms with Crippen LogP contribution in [0.25, 0.3) is 0 Å². The molecule has 0 fully saturated rings. The van der Waals surface area contributed by atoms with Crippen molar-refractivity contribution in [1.29, 1.82) is 0 Å². The molecule has 3 aromatic rings. The zero-order valence-electron chi connectivity index (χ0n) is 17.0. The van der Waals surface area contributed by atoms with Crippen LogP contribution in [0.4, 0.5) is 0 Å². The number of fused-ring (bicyclic) bond motifs is 1. The Balaban J connectivity index is 1.53. The Kier molecular flexibility index (Phi) is 6.01. The van der Waals surface area contributed by atoms with E-state index in [-0.39, 0.29) is 6.04 Å². The van der Waals surface area contributed by atoms with E-state index < -0.39 is 0 Å². The Labute approximate surface area is 172 Å². The van der Waals surface area contributed by atoms with Gasteiger partial charge in [0.05, 0.1) is 26.9 Å². The van der Waals surface area contributed by atoms with E-state index in [0.717, 1.165) is 36.6 Å². The van der Waals surface area contributed by atoms with E-state index in [1.807, 2.05) is 12.1 Å². The van der Waals surface area contributed by atoms with Gasteiger partial charge in [0.15, 0.2) is 11.5 Å². The lowest BCUT2D eigenvalue weighted by Crippen LogP contribution is -2.30. The van der Waals surface area contributed by atoms with Gasteiger partial charge in [-0.2, -0.15) is 0 Å². The third-order valence-corrected chi connectivity index (χ3v) is 5.39. The fourth-order valence-electron chi connectivity index (χ4n) is 3.90. The second-order valence-corrected chi connectivity index (χ2v) is 7.20. The van der Waals surface area contributed by atoms with E-state index in [9.17, 15) is 0 Å². The van der Waals surface area contributed by atoms with E-state index in [2.05, 4.69) is 59.9 Å². The van der Waals surface area contributed by atoms with Crippen molar-refractivity contribution in [2.24, 2.45) is 0 Å². The molecule has 4 nitrogen and oxygen atoms in total. The van der Waals surface area contributed by atoms with Crippen molar-refractivity contribution in [1.82, 2.24) is 5.32 Å². The van der Waals surface area contributed by atoms with Gasteiger partial charge in [-0.1, -0.05) is 42.5 Å². The first-order valence-corrected chi connectivity index (χ1v) is 10.0. The lowest BCUT2D eigenvalue weighted by molar-refractivity contribution is 0.321. The van der Waals surface area contributed by atoms with Gasteiger partial charge in [-0.3, -0.25) is 0 Å². The summed E-state index contributed by atoms with van der Waals surface area (Å²) >= 11 is 0. The number of nitrogens with one attached hydrogen (secondary N) is 1. The number of benzene rings is 3. The molecule has 1 atom stereocenters. The molecule has 0 amide bonds. The third-order valence-electron chi connectivity index (χ3n) is 5.39. The Morgan fingerprint density at radius 3 is 2.48 bits per heavy atom. The lowest BCUT2D eigenvalue weighted by atomic mass is 9.89. The van der Waals surface area contributed by atoms with Crippen LogP contribution < -0.4 is 19.5 Å². The molecule has 1 heterocycles. The summed E-state index contributed by atoms with van der Waals surface area (Å²) in [5.74, 6) is 2.44. The Hall–Kier alpha value is -2.98. The van der Waals surface area contributed by atoms with E-state index in [1.54, 1.807) is 14.2 Å². The molecule has 4 heteroatoms. The van der Waals surface area contributed by atoms with Crippen LogP contribution in [0.2, 0.25) is 0 Å². The van der Waals surface area contributed by atoms with Gasteiger partial charge < -0.3 is 19.5 Å². The zero-order valence-corrected chi connectivity index (χ0v) is 17.0. The largest absolute Gasteiger partial charge is 0.493 e. The summed E-state index contributed by atoms with van der Waals surface area (Å²) in [6, 6.07) is 23.1. The monoisotopic (exact) mass is 389 g/mol. The molecule has 0 spiro atoms. The van der Waals surface area contributed by atoms with Crippen LogP contribution in [0.5, 0.6) is 17.2 Å². The summed E-state index contributed by atoms with van der Waals surface area (Å²) in [6.45, 7) is 1.58. The summed E-state index contributed by atoms with van der Waals surface area (Å²) < 4.78 is 17.0. The maximum absolute atomic E-state index is 6.04. The van der Waals surface area contributed by atoms with Crippen molar-refractivity contribution in [2.45, 2.75) is 18.9 Å². The van der Waals surface area contributed by atoms with Crippen molar-refractivity contribution in [3.63, 3.8) is 0 Å². The first-order valence-electron chi connectivity index (χ1n) is 10.0. The Bertz CT molecular complexity index is 956. The highest BCUT2D eigenvalue weighted by atomic mass is 16.5. The van der Waals surface area contributed by atoms with E-state index >= 15 is 0 Å². The Morgan fingerprint density at radius 2 is 1.69 bits per heavy atom. The third kappa shape index (κ3) is 4.38. The van der Waals surface area contributed by atoms with Gasteiger partial charge >= 0.3 is 0 Å². The molecule has 1 aliphatic heterocycles. The predicted octanol–water partition coefficient (Wildman–Crippen LogP) is 4.56. The molecule has 0 bridgehead atoms. The number of ether oxygens (including phenoxy) is 3. The zero-order chi connectivity index (χ0) is 20.1. The maximum Gasteiger partial charge on any atom is 0.161 e. The maximum atomic E-state index is 6.04. The van der Waals surface area contributed by atoms with Crippen LogP contribution in [0.15, 0.2) is 66.7 Å². The molecule has 0 aliphatic carbocycles. The van der Waals surface area contributed by atoms with Gasteiger partial charge in [0.25, 0.3) is 0 Å². The summed E-state index contributed by atoms with van der Waals surface area (Å²) in [6.07, 6.45) is 1.87. The second-order valence-electron chi connectivity index (χ2n) is 7.20. The molecule has 0 saturated heterocycles. The van der Waals surface area contributed by atoms with E-state index in [4.69, 9.17) is 14.2 Å². The summed E-state index contributed by atoms with van der Waals surface area (Å²) in [4.78, 5) is 0. The number of hydrogen-bond donors (Lipinski definition) is 1. The first kappa shape index (κ1) is 19.3. The normalized spacial score (nSPS) is 15.4. The van der Waals surface area contributed by atoms with E-state index in [1.165, 1.54) is 22.3 Å². The molecule has 0 saturated carbocycles. The average molecular weight is 389 g/mol. The van der Waals surface area contributed by atoms with Crippen molar-refractivity contribution >= 4 is 0 Å². The van der Waals surface area contributed by atoms with Crippen molar-refractivity contribution in [3.05, 3.63) is 89.0 Å². The van der Waals surface area contributed by atoms with Gasteiger partial charge in [-0.25, -0.2) is 0 Å². The van der Waals surface area contributed by atoms with Gasteiger partial charge in [0.1, 0.15) is 5.75 Å². The van der Waals surface area contributed by atoms with Gasteiger partial charge in [0, 0.05) is 13.0 Å². The molecule has 29 heavy (non-hydrogen) atoms. The molecular weight excluding hydrogens is 362 g/mol. The number of methoxy groups -OCH3 is 2. The highest BCUT2D eigenvalue weighted by Crippen LogP contribution is 2.37. The highest BCUT2D eigenvalue weighted by Gasteiger charge is 2.24. The lowest BCUT2D eigenvalue weighted by Gasteiger charge is -2.28. The molecule has 3 aromatic carbocycles. The van der Waals surface area contributed by atoms with Crippen LogP contribution in [0, 0.1) is 0 Å². The summed E-state index contributed by atoms with van der Waals surface area (Å²) in [5, 5.41) is 3.64. The minimum atomic E-state index is 0.108. The predicted molar refractivity (Wildman–Crippen MR) is 115 cm³/mol. The van der Waals surface area contributed by atoms with Crippen LogP contribution in [0.1, 0.15) is 28.3 Å². The number of hydrogen-bond acceptors (Lipinski definition) is 4. The standard InChI is InChI=1S/C25H27NO3/c1-27-23-16-19-11-13-26-25(22(19)17-24(23)28-2)20-9-6-10-21(15-20)29-14-12-18-7-4-3-5-8-18/h3-10,15-17,25-26H,11-14H2,1-2H3. The topological polar surface area (TPSA) is 39.7 Å². The average Bonchev–Trinajstić information content (AvgIpc) is 2.78. The van der Waals surface area contributed by atoms with Gasteiger partial charge in [-0.05, 0) is 52.9 Å². The Morgan fingerprint density at radius 1 is 0.897 bits per heavy atom. The first-order chi connectivity index (χ1) is 14.3. The molecular formula is C25H27NO3. The summed E-state index contributed by atoms with van der Waals surface area (Å²) in [7, 11) is 3.36. The SMILES string of the molecule is COc1cc2c(cc1OC)C(c1cccc(OCCc3ccccc3)c1)NCC2. The molecule has 1 aliphatic rings. The molecule has 1 unspecified atom stereocenters. The van der Waals surface area contributed by atoms with Crippen molar-refractivity contribution in [2.75, 3.05) is 27.4 Å². The molecule has 150 valence electrons. The smallest absolute Gasteiger partial charge is 0.161 e. The fraction of sp³-hybridized carbons (Fsp3) is 0.280. The quantitative estimate of drug-likeness (QED) is 0.643. The molecule has 0 aromatic heterocycles. The van der Waals surface area contributed by atoms with Crippen LogP contribution in [0.3, 0.4) is 0 Å². The fourth-order valence-corrected chi connectivity index (χ4v) is 3.90. The number of rotatable bonds is 7. The second kappa shape index (κ2) is 9.01. The van der Waals surface area contributed by atoms with Crippen molar-refractivity contribution in [3.8, 4) is 17.2 Å². The van der Waals surface area contributed by atoms with Gasteiger partial charge in [0.2, 0.25) is 0 Å². The molecule has 1 N–H and O–H groups in total. The van der Waals surface area contributed by atoms with Gasteiger partial charge in [-0.15, -0.1) is 0 Å². The van der Waals surface area contributed by atoms with Crippen LogP contribution >= 0.6 is 0 Å². The highest BCUT2D eigenvalue weighted by molar-refractivity contribution is 5.52. The molecule has 0 radical (unpaired) electrons. The minimum absolute atomic E-state index is 0.108. The van der Waals surface area contributed by atoms with Crippen LogP contribution in [-0.4, -0.2) is 27.4 Å². The van der Waals surface area contributed by atoms with Crippen LogP contribution in [-0.2, 0) is 12.8 Å².